The Bertz CT molecular complexity index is 459. The molecule has 0 atom stereocenters. The Morgan fingerprint density at radius 1 is 1.11 bits per heavy atom. The van der Waals surface area contributed by atoms with E-state index in [1.807, 2.05) is 0 Å². The molecule has 18 heavy (non-hydrogen) atoms. The fourth-order valence-corrected chi connectivity index (χ4v) is 1.21. The number of carboxylic acid groups (broad SMARTS) is 1. The first-order valence-electron chi connectivity index (χ1n) is 5.03. The average Bonchev–Trinajstić information content (AvgIpc) is 2.31. The summed E-state index contributed by atoms with van der Waals surface area (Å²) in [5.41, 5.74) is 0.416. The van der Waals surface area contributed by atoms with E-state index in [-0.39, 0.29) is 13.0 Å². The van der Waals surface area contributed by atoms with E-state index in [0.717, 1.165) is 0 Å². The Morgan fingerprint density at radius 2 is 1.72 bits per heavy atom. The molecule has 96 valence electrons. The van der Waals surface area contributed by atoms with Crippen LogP contribution in [0.5, 0.6) is 0 Å². The van der Waals surface area contributed by atoms with Gasteiger partial charge in [-0.25, -0.2) is 0 Å². The number of carbonyl (C=O) groups excluding carboxylic acids is 3. The van der Waals surface area contributed by atoms with Gasteiger partial charge < -0.3 is 20.5 Å². The Labute approximate surface area is 108 Å². The maximum absolute atomic E-state index is 11.4. The summed E-state index contributed by atoms with van der Waals surface area (Å²) in [6, 6.07) is 6.19. The fourth-order valence-electron chi connectivity index (χ4n) is 1.08. The summed E-state index contributed by atoms with van der Waals surface area (Å²) in [6.45, 7) is -0.158. The van der Waals surface area contributed by atoms with Gasteiger partial charge in [0.1, 0.15) is 0 Å². The van der Waals surface area contributed by atoms with Gasteiger partial charge in [0.2, 0.25) is 0 Å². The molecule has 2 N–H and O–H groups in total. The standard InChI is InChI=1S/C11H11ClN2O4/c12-7-1-3-8(4-2-7)14-11(18)10(17)13-6-5-9(15)16/h1-4H,5-6H2,(H,13,17)(H,14,18)(H,15,16)/p-1. The topological polar surface area (TPSA) is 98.3 Å². The highest BCUT2D eigenvalue weighted by Crippen LogP contribution is 2.12. The maximum atomic E-state index is 11.4. The summed E-state index contributed by atoms with van der Waals surface area (Å²) in [5.74, 6) is -3.09. The third-order valence-electron chi connectivity index (χ3n) is 1.92. The molecule has 0 saturated carbocycles. The molecule has 0 radical (unpaired) electrons. The number of carboxylic acids is 1. The molecule has 0 aliphatic rings. The molecule has 7 heteroatoms. The molecular weight excluding hydrogens is 260 g/mol. The Hall–Kier alpha value is -2.08. The van der Waals surface area contributed by atoms with Gasteiger partial charge in [-0.2, -0.15) is 0 Å². The summed E-state index contributed by atoms with van der Waals surface area (Å²) in [6.07, 6.45) is -0.347. The molecule has 0 heterocycles. The van der Waals surface area contributed by atoms with Crippen LogP contribution in [0.1, 0.15) is 6.42 Å². The molecule has 1 aromatic rings. The van der Waals surface area contributed by atoms with Crippen LogP contribution in [0.25, 0.3) is 0 Å². The van der Waals surface area contributed by atoms with Crippen molar-refractivity contribution in [3.05, 3.63) is 29.3 Å². The zero-order valence-electron chi connectivity index (χ0n) is 9.23. The van der Waals surface area contributed by atoms with Crippen LogP contribution < -0.4 is 15.7 Å². The number of rotatable bonds is 4. The molecule has 0 unspecified atom stereocenters. The number of hydrogen-bond acceptors (Lipinski definition) is 4. The highest BCUT2D eigenvalue weighted by atomic mass is 35.5. The van der Waals surface area contributed by atoms with Gasteiger partial charge >= 0.3 is 11.8 Å². The number of carbonyl (C=O) groups is 3. The second-order valence-corrected chi connectivity index (χ2v) is 3.78. The molecule has 0 fully saturated rings. The van der Waals surface area contributed by atoms with Crippen molar-refractivity contribution in [2.24, 2.45) is 0 Å². The molecule has 0 spiro atoms. The summed E-state index contributed by atoms with van der Waals surface area (Å²) in [5, 5.41) is 15.1. The number of aliphatic carboxylic acids is 1. The molecule has 6 nitrogen and oxygen atoms in total. The fraction of sp³-hybridized carbons (Fsp3) is 0.182. The number of amides is 2. The van der Waals surface area contributed by atoms with Gasteiger partial charge in [-0.1, -0.05) is 11.6 Å². The van der Waals surface area contributed by atoms with Gasteiger partial charge in [-0.3, -0.25) is 9.59 Å². The predicted molar refractivity (Wildman–Crippen MR) is 62.7 cm³/mol. The quantitative estimate of drug-likeness (QED) is 0.722. The molecule has 0 aliphatic carbocycles. The van der Waals surface area contributed by atoms with Gasteiger partial charge in [-0.05, 0) is 24.3 Å². The van der Waals surface area contributed by atoms with Crippen molar-refractivity contribution in [3.8, 4) is 0 Å². The highest BCUT2D eigenvalue weighted by molar-refractivity contribution is 6.39. The highest BCUT2D eigenvalue weighted by Gasteiger charge is 2.12. The van der Waals surface area contributed by atoms with Gasteiger partial charge in [0, 0.05) is 29.6 Å². The van der Waals surface area contributed by atoms with Gasteiger partial charge in [-0.15, -0.1) is 0 Å². The largest absolute Gasteiger partial charge is 0.550 e. The van der Waals surface area contributed by atoms with E-state index in [4.69, 9.17) is 11.6 Å². The number of nitrogens with one attached hydrogen (secondary N) is 2. The lowest BCUT2D eigenvalue weighted by molar-refractivity contribution is -0.305. The average molecular weight is 270 g/mol. The molecular formula is C11H10ClN2O4-. The lowest BCUT2D eigenvalue weighted by Gasteiger charge is -2.06. The van der Waals surface area contributed by atoms with Crippen LogP contribution >= 0.6 is 11.6 Å². The second-order valence-electron chi connectivity index (χ2n) is 3.34. The normalized spacial score (nSPS) is 9.61. The summed E-state index contributed by atoms with van der Waals surface area (Å²) in [7, 11) is 0. The Morgan fingerprint density at radius 3 is 2.28 bits per heavy atom. The van der Waals surface area contributed by atoms with Crippen molar-refractivity contribution in [2.75, 3.05) is 11.9 Å². The van der Waals surface area contributed by atoms with Crippen molar-refractivity contribution in [1.29, 1.82) is 0 Å². The van der Waals surface area contributed by atoms with Crippen molar-refractivity contribution in [3.63, 3.8) is 0 Å². The molecule has 0 aliphatic heterocycles. The van der Waals surface area contributed by atoms with Crippen LogP contribution in [-0.2, 0) is 14.4 Å². The summed E-state index contributed by atoms with van der Waals surface area (Å²) >= 11 is 5.66. The first kappa shape index (κ1) is 14.0. The molecule has 0 saturated heterocycles. The van der Waals surface area contributed by atoms with Gasteiger partial charge in [0.15, 0.2) is 0 Å². The number of halogens is 1. The van der Waals surface area contributed by atoms with Crippen LogP contribution in [0.15, 0.2) is 24.3 Å². The van der Waals surface area contributed by atoms with Crippen LogP contribution in [0.4, 0.5) is 5.69 Å². The summed E-state index contributed by atoms with van der Waals surface area (Å²) in [4.78, 5) is 32.7. The Balaban J connectivity index is 2.42. The number of hydrogen-bond donors (Lipinski definition) is 2. The number of anilines is 1. The van der Waals surface area contributed by atoms with Crippen LogP contribution in [0.3, 0.4) is 0 Å². The SMILES string of the molecule is O=C([O-])CCNC(=O)C(=O)Nc1ccc(Cl)cc1. The van der Waals surface area contributed by atoms with E-state index >= 15 is 0 Å². The first-order chi connectivity index (χ1) is 8.49. The number of benzene rings is 1. The smallest absolute Gasteiger partial charge is 0.313 e. The van der Waals surface area contributed by atoms with Crippen LogP contribution in [-0.4, -0.2) is 24.3 Å². The van der Waals surface area contributed by atoms with Crippen molar-refractivity contribution < 1.29 is 19.5 Å². The zero-order valence-corrected chi connectivity index (χ0v) is 9.99. The van der Waals surface area contributed by atoms with Crippen LogP contribution in [0, 0.1) is 0 Å². The molecule has 1 rings (SSSR count). The van der Waals surface area contributed by atoms with E-state index in [0.29, 0.717) is 10.7 Å². The summed E-state index contributed by atoms with van der Waals surface area (Å²) < 4.78 is 0. The predicted octanol–water partition coefficient (Wildman–Crippen LogP) is -0.465. The van der Waals surface area contributed by atoms with Crippen LogP contribution in [0.2, 0.25) is 5.02 Å². The minimum absolute atomic E-state index is 0.158. The van der Waals surface area contributed by atoms with E-state index in [9.17, 15) is 19.5 Å². The Kier molecular flexibility index (Phi) is 5.13. The third kappa shape index (κ3) is 4.84. The van der Waals surface area contributed by atoms with E-state index in [1.54, 1.807) is 12.1 Å². The van der Waals surface area contributed by atoms with E-state index in [2.05, 4.69) is 10.6 Å². The second kappa shape index (κ2) is 6.61. The third-order valence-corrected chi connectivity index (χ3v) is 2.17. The molecule has 0 bridgehead atoms. The van der Waals surface area contributed by atoms with Crippen molar-refractivity contribution in [1.82, 2.24) is 5.32 Å². The monoisotopic (exact) mass is 269 g/mol. The minimum atomic E-state index is -1.30. The minimum Gasteiger partial charge on any atom is -0.550 e. The lowest BCUT2D eigenvalue weighted by atomic mass is 10.3. The molecule has 0 aromatic heterocycles. The molecule has 2 amide bonds. The van der Waals surface area contributed by atoms with Gasteiger partial charge in [0.05, 0.1) is 0 Å². The van der Waals surface area contributed by atoms with Gasteiger partial charge in [0.25, 0.3) is 0 Å². The van der Waals surface area contributed by atoms with Crippen molar-refractivity contribution >= 4 is 35.1 Å². The van der Waals surface area contributed by atoms with Crippen molar-refractivity contribution in [2.45, 2.75) is 6.42 Å². The lowest BCUT2D eigenvalue weighted by Crippen LogP contribution is -2.37. The molecule has 1 aromatic carbocycles. The van der Waals surface area contributed by atoms with E-state index in [1.165, 1.54) is 12.1 Å². The van der Waals surface area contributed by atoms with E-state index < -0.39 is 17.8 Å². The maximum Gasteiger partial charge on any atom is 0.313 e. The first-order valence-corrected chi connectivity index (χ1v) is 5.41. The zero-order chi connectivity index (χ0) is 13.5.